The van der Waals surface area contributed by atoms with Crippen LogP contribution in [0.25, 0.3) is 17.0 Å². The molecule has 1 aromatic heterocycles. The largest absolute Gasteiger partial charge is 0.355 e. The lowest BCUT2D eigenvalue weighted by atomic mass is 10.1. The van der Waals surface area contributed by atoms with E-state index in [4.69, 9.17) is 0 Å². The first-order chi connectivity index (χ1) is 7.18. The van der Waals surface area contributed by atoms with E-state index in [1.807, 2.05) is 19.1 Å². The summed E-state index contributed by atoms with van der Waals surface area (Å²) >= 11 is 0. The molecule has 0 fully saturated rings. The molecule has 1 N–H and O–H groups in total. The monoisotopic (exact) mass is 197 g/mol. The van der Waals surface area contributed by atoms with Crippen LogP contribution in [0.15, 0.2) is 42.5 Å². The first-order valence-corrected chi connectivity index (χ1v) is 5.09. The molecule has 0 atom stereocenters. The third-order valence-electron chi connectivity index (χ3n) is 2.54. The molecule has 1 heteroatoms. The van der Waals surface area contributed by atoms with Crippen molar-refractivity contribution in [3.05, 3.63) is 53.8 Å². The quantitative estimate of drug-likeness (QED) is 0.699. The van der Waals surface area contributed by atoms with Gasteiger partial charge in [0.05, 0.1) is 0 Å². The van der Waals surface area contributed by atoms with Crippen LogP contribution >= 0.6 is 0 Å². The number of H-pyrrole nitrogens is 1. The number of hydrogen-bond donors (Lipinski definition) is 1. The number of allylic oxidation sites excluding steroid dienone is 2. The molecule has 2 aromatic rings. The first kappa shape index (κ1) is 9.78. The predicted octanol–water partition coefficient (Wildman–Crippen LogP) is 4.07. The summed E-state index contributed by atoms with van der Waals surface area (Å²) in [6.07, 6.45) is 4.11. The highest BCUT2D eigenvalue weighted by atomic mass is 14.7. The maximum absolute atomic E-state index is 3.85. The van der Waals surface area contributed by atoms with Crippen molar-refractivity contribution < 1.29 is 0 Å². The van der Waals surface area contributed by atoms with Crippen LogP contribution in [0.2, 0.25) is 0 Å². The maximum Gasteiger partial charge on any atom is 0.0461 e. The minimum Gasteiger partial charge on any atom is -0.355 e. The summed E-state index contributed by atoms with van der Waals surface area (Å²) in [4.78, 5) is 3.39. The van der Waals surface area contributed by atoms with Gasteiger partial charge < -0.3 is 4.98 Å². The molecule has 0 spiro atoms. The molecule has 0 unspecified atom stereocenters. The van der Waals surface area contributed by atoms with Crippen molar-refractivity contribution in [2.45, 2.75) is 13.8 Å². The molecular formula is C14H15N. The van der Waals surface area contributed by atoms with Gasteiger partial charge in [0.25, 0.3) is 0 Å². The summed E-state index contributed by atoms with van der Waals surface area (Å²) in [6.45, 7) is 7.98. The Kier molecular flexibility index (Phi) is 2.46. The molecule has 0 aliphatic rings. The summed E-state index contributed by atoms with van der Waals surface area (Å²) in [5, 5.41) is 1.29. The van der Waals surface area contributed by atoms with E-state index in [0.717, 1.165) is 5.57 Å². The van der Waals surface area contributed by atoms with E-state index in [9.17, 15) is 0 Å². The summed E-state index contributed by atoms with van der Waals surface area (Å²) < 4.78 is 0. The molecule has 0 bridgehead atoms. The number of aromatic amines is 1. The van der Waals surface area contributed by atoms with Crippen molar-refractivity contribution in [1.29, 1.82) is 0 Å². The molecule has 1 aromatic carbocycles. The molecule has 15 heavy (non-hydrogen) atoms. The van der Waals surface area contributed by atoms with Crippen LogP contribution in [0.5, 0.6) is 0 Å². The van der Waals surface area contributed by atoms with Crippen LogP contribution in [-0.4, -0.2) is 4.98 Å². The van der Waals surface area contributed by atoms with E-state index >= 15 is 0 Å². The molecule has 0 aliphatic heterocycles. The Bertz CT molecular complexity index is 529. The van der Waals surface area contributed by atoms with Crippen LogP contribution in [0.4, 0.5) is 0 Å². The Labute approximate surface area is 90.1 Å². The van der Waals surface area contributed by atoms with E-state index < -0.39 is 0 Å². The minimum absolute atomic E-state index is 1.06. The van der Waals surface area contributed by atoms with Crippen LogP contribution < -0.4 is 0 Å². The fraction of sp³-hybridized carbons (Fsp3) is 0.143. The molecular weight excluding hydrogens is 182 g/mol. The zero-order valence-corrected chi connectivity index (χ0v) is 9.17. The molecule has 0 saturated carbocycles. The van der Waals surface area contributed by atoms with Crippen molar-refractivity contribution in [1.82, 2.24) is 4.98 Å². The van der Waals surface area contributed by atoms with Crippen LogP contribution in [0.3, 0.4) is 0 Å². The number of hydrogen-bond acceptors (Lipinski definition) is 0. The Morgan fingerprint density at radius 1 is 1.33 bits per heavy atom. The molecule has 0 saturated heterocycles. The van der Waals surface area contributed by atoms with E-state index in [1.54, 1.807) is 0 Å². The van der Waals surface area contributed by atoms with Crippen molar-refractivity contribution in [3.63, 3.8) is 0 Å². The Balaban J connectivity index is 2.53. The van der Waals surface area contributed by atoms with Crippen LogP contribution in [0.1, 0.15) is 18.2 Å². The second kappa shape index (κ2) is 3.77. The number of aryl methyl sites for hydroxylation is 1. The van der Waals surface area contributed by atoms with Gasteiger partial charge >= 0.3 is 0 Å². The molecule has 1 nitrogen and oxygen atoms in total. The summed E-state index contributed by atoms with van der Waals surface area (Å²) in [6, 6.07) is 8.35. The van der Waals surface area contributed by atoms with Crippen molar-refractivity contribution in [3.8, 4) is 0 Å². The number of fused-ring (bicyclic) bond motifs is 1. The van der Waals surface area contributed by atoms with Gasteiger partial charge in [0.1, 0.15) is 0 Å². The Morgan fingerprint density at radius 2 is 2.07 bits per heavy atom. The number of aromatic nitrogens is 1. The summed E-state index contributed by atoms with van der Waals surface area (Å²) in [5.41, 5.74) is 4.71. The standard InChI is InChI=1S/C14H15N/c1-10(2)8-9-13-11(3)12-6-4-5-7-14(12)15-13/h4-9,15H,1H2,2-3H3. The second-order valence-electron chi connectivity index (χ2n) is 3.89. The van der Waals surface area contributed by atoms with Crippen molar-refractivity contribution >= 4 is 17.0 Å². The van der Waals surface area contributed by atoms with E-state index in [0.29, 0.717) is 0 Å². The van der Waals surface area contributed by atoms with Gasteiger partial charge in [-0.15, -0.1) is 0 Å². The highest BCUT2D eigenvalue weighted by molar-refractivity contribution is 5.86. The van der Waals surface area contributed by atoms with E-state index in [1.165, 1.54) is 22.2 Å². The SMILES string of the molecule is C=C(C)C=Cc1[nH]c2ccccc2c1C. The highest BCUT2D eigenvalue weighted by Gasteiger charge is 2.03. The average Bonchev–Trinajstić information content (AvgIpc) is 2.54. The first-order valence-electron chi connectivity index (χ1n) is 5.09. The minimum atomic E-state index is 1.06. The lowest BCUT2D eigenvalue weighted by molar-refractivity contribution is 1.37. The molecule has 0 aliphatic carbocycles. The predicted molar refractivity (Wildman–Crippen MR) is 66.9 cm³/mol. The van der Waals surface area contributed by atoms with Gasteiger partial charge in [-0.1, -0.05) is 36.4 Å². The second-order valence-corrected chi connectivity index (χ2v) is 3.89. The fourth-order valence-corrected chi connectivity index (χ4v) is 1.70. The summed E-state index contributed by atoms with van der Waals surface area (Å²) in [7, 11) is 0. The Hall–Kier alpha value is -1.76. The summed E-state index contributed by atoms with van der Waals surface area (Å²) in [5.74, 6) is 0. The van der Waals surface area contributed by atoms with Gasteiger partial charge in [-0.3, -0.25) is 0 Å². The van der Waals surface area contributed by atoms with Gasteiger partial charge in [-0.05, 0) is 31.6 Å². The van der Waals surface area contributed by atoms with Gasteiger partial charge in [0.15, 0.2) is 0 Å². The van der Waals surface area contributed by atoms with Crippen molar-refractivity contribution in [2.75, 3.05) is 0 Å². The lowest BCUT2D eigenvalue weighted by Crippen LogP contribution is -1.74. The Morgan fingerprint density at radius 3 is 2.73 bits per heavy atom. The van der Waals surface area contributed by atoms with Gasteiger partial charge in [0, 0.05) is 16.6 Å². The van der Waals surface area contributed by atoms with E-state index in [2.05, 4.69) is 42.8 Å². The maximum atomic E-state index is 3.85. The third-order valence-corrected chi connectivity index (χ3v) is 2.54. The molecule has 76 valence electrons. The van der Waals surface area contributed by atoms with Crippen LogP contribution in [0, 0.1) is 6.92 Å². The zero-order valence-electron chi connectivity index (χ0n) is 9.17. The normalized spacial score (nSPS) is 11.3. The lowest BCUT2D eigenvalue weighted by Gasteiger charge is -1.91. The number of benzene rings is 1. The molecule has 0 amide bonds. The van der Waals surface area contributed by atoms with E-state index in [-0.39, 0.29) is 0 Å². The molecule has 0 radical (unpaired) electrons. The number of para-hydroxylation sites is 1. The molecule has 1 heterocycles. The third kappa shape index (κ3) is 1.86. The number of rotatable bonds is 2. The zero-order chi connectivity index (χ0) is 10.8. The number of nitrogens with one attached hydrogen (secondary N) is 1. The topological polar surface area (TPSA) is 15.8 Å². The van der Waals surface area contributed by atoms with Gasteiger partial charge in [-0.25, -0.2) is 0 Å². The van der Waals surface area contributed by atoms with Gasteiger partial charge in [-0.2, -0.15) is 0 Å². The highest BCUT2D eigenvalue weighted by Crippen LogP contribution is 2.22. The molecule has 2 rings (SSSR count). The smallest absolute Gasteiger partial charge is 0.0461 e. The van der Waals surface area contributed by atoms with Crippen LogP contribution in [-0.2, 0) is 0 Å². The fourth-order valence-electron chi connectivity index (χ4n) is 1.70. The average molecular weight is 197 g/mol. The van der Waals surface area contributed by atoms with Gasteiger partial charge in [0.2, 0.25) is 0 Å². The van der Waals surface area contributed by atoms with Crippen molar-refractivity contribution in [2.24, 2.45) is 0 Å².